The molecule has 3 aromatic carbocycles. The van der Waals surface area contributed by atoms with E-state index in [0.29, 0.717) is 10.5 Å². The fourth-order valence-electron chi connectivity index (χ4n) is 5.73. The zero-order chi connectivity index (χ0) is 20.0. The minimum absolute atomic E-state index is 0.0367. The van der Waals surface area contributed by atoms with Gasteiger partial charge < -0.3 is 4.98 Å². The summed E-state index contributed by atoms with van der Waals surface area (Å²) in [7, 11) is 0. The van der Waals surface area contributed by atoms with Crippen LogP contribution in [0.25, 0.3) is 32.9 Å². The third kappa shape index (κ3) is 2.14. The minimum Gasteiger partial charge on any atom is -0.354 e. The summed E-state index contributed by atoms with van der Waals surface area (Å²) in [6.07, 6.45) is 7.14. The number of hydrogen-bond donors (Lipinski definition) is 1. The van der Waals surface area contributed by atoms with Gasteiger partial charge in [0.1, 0.15) is 0 Å². The van der Waals surface area contributed by atoms with Gasteiger partial charge >= 0.3 is 0 Å². The van der Waals surface area contributed by atoms with Gasteiger partial charge in [-0.3, -0.25) is 0 Å². The molecule has 146 valence electrons. The highest BCUT2D eigenvalue weighted by Gasteiger charge is 2.43. The summed E-state index contributed by atoms with van der Waals surface area (Å²) >= 11 is 4.24. The van der Waals surface area contributed by atoms with E-state index in [1.807, 2.05) is 6.07 Å². The molecule has 0 spiro atoms. The maximum atomic E-state index is 3.72. The van der Waals surface area contributed by atoms with E-state index in [1.54, 1.807) is 0 Å². The van der Waals surface area contributed by atoms with Crippen molar-refractivity contribution in [1.82, 2.24) is 4.98 Å². The van der Waals surface area contributed by atoms with Gasteiger partial charge in [0.2, 0.25) is 0 Å². The lowest BCUT2D eigenvalue weighted by Gasteiger charge is -2.36. The van der Waals surface area contributed by atoms with Gasteiger partial charge in [-0.2, -0.15) is 0 Å². The fraction of sp³-hybridized carbons (Fsp3) is 0.259. The zero-order valence-corrected chi connectivity index (χ0v) is 18.6. The second kappa shape index (κ2) is 5.90. The quantitative estimate of drug-likeness (QED) is 0.294. The molecule has 1 N–H and O–H groups in total. The lowest BCUT2D eigenvalue weighted by Crippen LogP contribution is -2.26. The predicted molar refractivity (Wildman–Crippen MR) is 129 cm³/mol. The van der Waals surface area contributed by atoms with Gasteiger partial charge in [-0.05, 0) is 53.3 Å². The Morgan fingerprint density at radius 1 is 0.933 bits per heavy atom. The van der Waals surface area contributed by atoms with E-state index in [2.05, 4.69) is 97.0 Å². The molecule has 7 rings (SSSR count). The molecular weight excluding hydrogens is 402 g/mol. The second-order valence-corrected chi connectivity index (χ2v) is 11.7. The first-order chi connectivity index (χ1) is 14.6. The Labute approximate surface area is 185 Å². The van der Waals surface area contributed by atoms with Crippen molar-refractivity contribution in [3.63, 3.8) is 0 Å². The molecule has 1 nitrogen and oxygen atoms in total. The molecule has 2 unspecified atom stereocenters. The van der Waals surface area contributed by atoms with Crippen LogP contribution in [0.5, 0.6) is 0 Å². The highest BCUT2D eigenvalue weighted by molar-refractivity contribution is 8.06. The number of aromatic amines is 1. The number of allylic oxidation sites excluding steroid dienone is 2. The highest BCUT2D eigenvalue weighted by Crippen LogP contribution is 2.59. The molecule has 1 aromatic heterocycles. The predicted octanol–water partition coefficient (Wildman–Crippen LogP) is 7.51. The standard InChI is InChI=1S/C27H21NS2/c1-27(2)23-16(11-12-18-15-7-3-4-8-19(15)28-25(18)23)17-13-14-22-26(24(17)27)30-21-10-6-5-9-20(21)29-22/h4-6,8,11-14,20-21,28H,9-10H2,1-2H3. The minimum atomic E-state index is -0.0367. The van der Waals surface area contributed by atoms with Gasteiger partial charge in [0, 0.05) is 31.1 Å². The van der Waals surface area contributed by atoms with Crippen LogP contribution in [0.3, 0.4) is 0 Å². The van der Waals surface area contributed by atoms with Gasteiger partial charge in [-0.25, -0.2) is 0 Å². The van der Waals surface area contributed by atoms with Crippen molar-refractivity contribution in [2.24, 2.45) is 0 Å². The van der Waals surface area contributed by atoms with Crippen LogP contribution in [0.15, 0.2) is 58.3 Å². The average molecular weight is 424 g/mol. The Morgan fingerprint density at radius 3 is 2.57 bits per heavy atom. The summed E-state index contributed by atoms with van der Waals surface area (Å²) in [5.74, 6) is 0. The molecule has 0 amide bonds. The van der Waals surface area contributed by atoms with E-state index in [4.69, 9.17) is 0 Å². The largest absolute Gasteiger partial charge is 0.354 e. The van der Waals surface area contributed by atoms with Gasteiger partial charge in [-0.1, -0.05) is 56.3 Å². The summed E-state index contributed by atoms with van der Waals surface area (Å²) in [6, 6.07) is 19.9. The lowest BCUT2D eigenvalue weighted by atomic mass is 9.81. The van der Waals surface area contributed by atoms with Gasteiger partial charge in [0.15, 0.2) is 0 Å². The first kappa shape index (κ1) is 17.4. The molecule has 2 aliphatic carbocycles. The van der Waals surface area contributed by atoms with Crippen molar-refractivity contribution in [1.29, 1.82) is 0 Å². The lowest BCUT2D eigenvalue weighted by molar-refractivity contribution is 0.644. The Morgan fingerprint density at radius 2 is 1.70 bits per heavy atom. The van der Waals surface area contributed by atoms with Crippen LogP contribution < -0.4 is 0 Å². The van der Waals surface area contributed by atoms with Gasteiger partial charge in [-0.15, -0.1) is 23.5 Å². The van der Waals surface area contributed by atoms with Crippen molar-refractivity contribution in [3.05, 3.63) is 71.8 Å². The Bertz CT molecular complexity index is 1390. The third-order valence-electron chi connectivity index (χ3n) is 7.06. The van der Waals surface area contributed by atoms with Crippen LogP contribution in [0.4, 0.5) is 0 Å². The molecule has 0 saturated heterocycles. The highest BCUT2D eigenvalue weighted by atomic mass is 32.2. The number of thioether (sulfide) groups is 2. The van der Waals surface area contributed by atoms with Crippen LogP contribution in [0.1, 0.15) is 37.8 Å². The molecular formula is C27H21NS2. The van der Waals surface area contributed by atoms with E-state index in [-0.39, 0.29) is 5.41 Å². The molecule has 3 heteroatoms. The number of rotatable bonds is 0. The van der Waals surface area contributed by atoms with Crippen molar-refractivity contribution in [3.8, 4) is 11.1 Å². The molecule has 4 aromatic rings. The third-order valence-corrected chi connectivity index (χ3v) is 10.3. The molecule has 0 bridgehead atoms. The number of hydrogen-bond acceptors (Lipinski definition) is 2. The Hall–Kier alpha value is -2.28. The zero-order valence-electron chi connectivity index (χ0n) is 17.0. The average Bonchev–Trinajstić information content (AvgIpc) is 3.25. The molecule has 1 aliphatic heterocycles. The number of aromatic nitrogens is 1. The summed E-state index contributed by atoms with van der Waals surface area (Å²) in [5.41, 5.74) is 8.14. The Balaban J connectivity index is 1.49. The summed E-state index contributed by atoms with van der Waals surface area (Å²) in [6.45, 7) is 4.83. The molecule has 3 aliphatic rings. The van der Waals surface area contributed by atoms with Gasteiger partial charge in [0.25, 0.3) is 0 Å². The van der Waals surface area contributed by atoms with E-state index in [1.165, 1.54) is 55.8 Å². The van der Waals surface area contributed by atoms with Crippen LogP contribution in [-0.2, 0) is 5.41 Å². The number of nitrogens with one attached hydrogen (secondary N) is 1. The number of benzene rings is 2. The summed E-state index contributed by atoms with van der Waals surface area (Å²) in [4.78, 5) is 6.73. The maximum Gasteiger partial charge on any atom is 0.0577 e. The second-order valence-electron chi connectivity index (χ2n) is 9.12. The number of H-pyrrole nitrogens is 1. The number of fused-ring (bicyclic) bond motifs is 10. The molecule has 30 heavy (non-hydrogen) atoms. The Kier molecular flexibility index (Phi) is 3.42. The normalized spacial score (nSPS) is 23.0. The topological polar surface area (TPSA) is 15.8 Å². The van der Waals surface area contributed by atoms with Crippen molar-refractivity contribution < 1.29 is 0 Å². The smallest absolute Gasteiger partial charge is 0.0577 e. The fourth-order valence-corrected chi connectivity index (χ4v) is 8.94. The van der Waals surface area contributed by atoms with E-state index in [9.17, 15) is 0 Å². The van der Waals surface area contributed by atoms with Crippen LogP contribution in [0.2, 0.25) is 0 Å². The molecule has 0 fully saturated rings. The van der Waals surface area contributed by atoms with E-state index in [0.717, 1.165) is 10.9 Å². The van der Waals surface area contributed by atoms with E-state index < -0.39 is 0 Å². The summed E-state index contributed by atoms with van der Waals surface area (Å²) < 4.78 is 0. The SMILES string of the molecule is CC1(C)c2c(ccc3c2SC2CC=CCC2S3)-c2ccc3c([nH]c4ccc#cc43)c21. The molecule has 2 atom stereocenters. The first-order valence-corrected chi connectivity index (χ1v) is 12.4. The van der Waals surface area contributed by atoms with E-state index >= 15 is 0 Å². The van der Waals surface area contributed by atoms with Crippen molar-refractivity contribution >= 4 is 45.3 Å². The molecule has 0 saturated carbocycles. The monoisotopic (exact) mass is 423 g/mol. The molecule has 0 radical (unpaired) electrons. The molecule has 2 heterocycles. The van der Waals surface area contributed by atoms with Crippen LogP contribution in [-0.4, -0.2) is 15.5 Å². The first-order valence-electron chi connectivity index (χ1n) is 10.7. The van der Waals surface area contributed by atoms with Gasteiger partial charge in [0.05, 0.1) is 16.4 Å². The van der Waals surface area contributed by atoms with Crippen LogP contribution in [0, 0.1) is 12.1 Å². The maximum absolute atomic E-state index is 3.72. The van der Waals surface area contributed by atoms with Crippen LogP contribution >= 0.6 is 23.5 Å². The summed E-state index contributed by atoms with van der Waals surface area (Å²) in [5, 5.41) is 3.81. The van der Waals surface area contributed by atoms with Crippen molar-refractivity contribution in [2.75, 3.05) is 0 Å². The van der Waals surface area contributed by atoms with Crippen molar-refractivity contribution in [2.45, 2.75) is 52.4 Å².